The van der Waals surface area contributed by atoms with Crippen LogP contribution in [0, 0.1) is 0 Å². The van der Waals surface area contributed by atoms with Crippen molar-refractivity contribution in [3.05, 3.63) is 115 Å². The van der Waals surface area contributed by atoms with Gasteiger partial charge in [-0.05, 0) is 169 Å². The molecule has 92 heavy (non-hydrogen) atoms. The Kier molecular flexibility index (Phi) is 30.4. The Morgan fingerprint density at radius 2 is 0.413 bits per heavy atom. The number of rotatable bonds is 36. The first-order valence-corrected chi connectivity index (χ1v) is 40.8. The summed E-state index contributed by atoms with van der Waals surface area (Å²) in [7, 11) is -13.6. The number of ether oxygens (including phenoxy) is 4. The second kappa shape index (κ2) is 35.3. The average molecular weight is 1360 g/mol. The molecular weight excluding hydrogens is 1240 g/mol. The normalized spacial score (nSPS) is 13.8. The fourth-order valence-electron chi connectivity index (χ4n) is 11.3. The summed E-state index contributed by atoms with van der Waals surface area (Å²) in [6.45, 7) is 44.1. The molecule has 0 aliphatic heterocycles. The van der Waals surface area contributed by atoms with E-state index in [-0.39, 0.29) is 126 Å². The molecule has 1 aliphatic rings. The van der Waals surface area contributed by atoms with Crippen molar-refractivity contribution in [2.75, 3.05) is 104 Å². The van der Waals surface area contributed by atoms with Crippen molar-refractivity contribution in [3.63, 3.8) is 0 Å². The molecule has 520 valence electrons. The van der Waals surface area contributed by atoms with Gasteiger partial charge in [0.1, 0.15) is 23.0 Å². The van der Waals surface area contributed by atoms with Gasteiger partial charge in [-0.25, -0.2) is 0 Å². The molecule has 0 spiro atoms. The van der Waals surface area contributed by atoms with Crippen LogP contribution in [0.1, 0.15) is 231 Å². The Bertz CT molecular complexity index is 2650. The molecule has 0 heterocycles. The van der Waals surface area contributed by atoms with Crippen LogP contribution in [0.3, 0.4) is 0 Å². The summed E-state index contributed by atoms with van der Waals surface area (Å²) in [5.41, 5.74) is 10.6. The average Bonchev–Trinajstić information content (AvgIpc) is 0.781. The lowest BCUT2D eigenvalue weighted by molar-refractivity contribution is 0.215. The van der Waals surface area contributed by atoms with E-state index in [1.807, 2.05) is 55.4 Å². The predicted octanol–water partition coefficient (Wildman–Crippen LogP) is 19.7. The number of hydrogen-bond acceptors (Lipinski definition) is 16. The van der Waals surface area contributed by atoms with Gasteiger partial charge >= 0.3 is 30.4 Å². The van der Waals surface area contributed by atoms with E-state index in [0.717, 1.165) is 66.8 Å². The van der Waals surface area contributed by atoms with E-state index in [4.69, 9.17) is 55.1 Å². The van der Waals surface area contributed by atoms with Crippen molar-refractivity contribution >= 4 is 30.4 Å². The van der Waals surface area contributed by atoms with Gasteiger partial charge in [0.2, 0.25) is 0 Å². The smallest absolute Gasteiger partial charge is 0.330 e. The molecule has 20 heteroatoms. The van der Waals surface area contributed by atoms with E-state index in [2.05, 4.69) is 132 Å². The van der Waals surface area contributed by atoms with Gasteiger partial charge in [0.15, 0.2) is 0 Å². The van der Waals surface area contributed by atoms with Gasteiger partial charge in [0.25, 0.3) is 0 Å². The molecule has 8 bridgehead atoms. The highest BCUT2D eigenvalue weighted by Crippen LogP contribution is 2.52. The second-order valence-electron chi connectivity index (χ2n) is 27.7. The lowest BCUT2D eigenvalue weighted by Gasteiger charge is -2.29. The molecule has 4 aromatic carbocycles. The standard InChI is InChI=1S/C72H116O16P4/c1-21-81-89(73,82-22-2)37-29-33-77-65-53-41-55-47-62(70(12,13)14)49-57(66(55)78-34-30-38-90(74,83-23-3)84-24-4)43-59-51-64(72(18,19)20)52-60(68(59)80-36-32-40-92(76,87-27-7)88-28-8)44-58-50-63(71(15,16)17)48-56(42-54(65)46-61(45-53)69(9,10)11)67(58)79-35-31-39-91(75,85-25-5)86-26-6/h45-52H,21-44H2,1-20H3. The minimum Gasteiger partial charge on any atom is -0.493 e. The van der Waals surface area contributed by atoms with Crippen molar-refractivity contribution in [3.8, 4) is 23.0 Å². The zero-order valence-electron chi connectivity index (χ0n) is 59.9. The van der Waals surface area contributed by atoms with E-state index in [9.17, 15) is 18.3 Å². The molecule has 16 nitrogen and oxygen atoms in total. The summed E-state index contributed by atoms with van der Waals surface area (Å²) in [6, 6.07) is 18.2. The topological polar surface area (TPSA) is 179 Å². The number of hydrogen-bond donors (Lipinski definition) is 0. The van der Waals surface area contributed by atoms with Crippen LogP contribution < -0.4 is 18.9 Å². The maximum absolute atomic E-state index is 14.0. The highest BCUT2D eigenvalue weighted by molar-refractivity contribution is 7.54. The third-order valence-electron chi connectivity index (χ3n) is 15.9. The molecule has 4 aromatic rings. The van der Waals surface area contributed by atoms with Crippen LogP contribution in [0.15, 0.2) is 48.5 Å². The van der Waals surface area contributed by atoms with Gasteiger partial charge in [0.05, 0.1) is 104 Å². The number of benzene rings is 4. The quantitative estimate of drug-likeness (QED) is 0.0273. The summed E-state index contributed by atoms with van der Waals surface area (Å²) in [6.07, 6.45) is 3.82. The zero-order valence-corrected chi connectivity index (χ0v) is 63.5. The summed E-state index contributed by atoms with van der Waals surface area (Å²) >= 11 is 0. The second-order valence-corrected chi connectivity index (χ2v) is 36.4. The molecule has 5 rings (SSSR count). The van der Waals surface area contributed by atoms with Crippen LogP contribution in [0.4, 0.5) is 0 Å². The summed E-state index contributed by atoms with van der Waals surface area (Å²) in [5.74, 6) is 2.81. The van der Waals surface area contributed by atoms with Gasteiger partial charge in [-0.3, -0.25) is 18.3 Å². The van der Waals surface area contributed by atoms with Crippen LogP contribution in [0.25, 0.3) is 0 Å². The fraction of sp³-hybridized carbons (Fsp3) is 0.667. The van der Waals surface area contributed by atoms with Crippen molar-refractivity contribution < 1.29 is 73.4 Å². The van der Waals surface area contributed by atoms with Gasteiger partial charge in [-0.2, -0.15) is 0 Å². The monoisotopic (exact) mass is 1360 g/mol. The molecule has 0 radical (unpaired) electrons. The summed E-state index contributed by atoms with van der Waals surface area (Å²) in [5, 5.41) is 0. The summed E-state index contributed by atoms with van der Waals surface area (Å²) in [4.78, 5) is 0. The Balaban J connectivity index is 1.98. The first-order chi connectivity index (χ1) is 43.2. The van der Waals surface area contributed by atoms with E-state index in [1.165, 1.54) is 0 Å². The zero-order chi connectivity index (χ0) is 68.4. The van der Waals surface area contributed by atoms with Crippen LogP contribution in [-0.2, 0) is 102 Å². The Morgan fingerprint density at radius 1 is 0.272 bits per heavy atom. The minimum absolute atomic E-state index is 0.173. The predicted molar refractivity (Wildman–Crippen MR) is 375 cm³/mol. The van der Waals surface area contributed by atoms with Crippen LogP contribution in [-0.4, -0.2) is 104 Å². The van der Waals surface area contributed by atoms with Crippen molar-refractivity contribution in [2.24, 2.45) is 0 Å². The van der Waals surface area contributed by atoms with E-state index < -0.39 is 30.4 Å². The highest BCUT2D eigenvalue weighted by atomic mass is 31.2. The molecule has 1 aliphatic carbocycles. The molecule has 0 atom stereocenters. The lowest BCUT2D eigenvalue weighted by Crippen LogP contribution is -2.18. The van der Waals surface area contributed by atoms with Crippen LogP contribution in [0.2, 0.25) is 0 Å². The molecule has 0 unspecified atom stereocenters. The minimum atomic E-state index is -3.41. The molecule has 0 aromatic heterocycles. The Labute approximate surface area is 554 Å². The van der Waals surface area contributed by atoms with E-state index in [0.29, 0.717) is 74.4 Å². The third-order valence-corrected chi connectivity index (χ3v) is 24.5. The first-order valence-electron chi connectivity index (χ1n) is 33.8. The van der Waals surface area contributed by atoms with Crippen LogP contribution >= 0.6 is 30.4 Å². The molecule has 0 fully saturated rings. The van der Waals surface area contributed by atoms with E-state index in [1.54, 1.807) is 0 Å². The lowest BCUT2D eigenvalue weighted by atomic mass is 9.79. The third kappa shape index (κ3) is 23.5. The van der Waals surface area contributed by atoms with Gasteiger partial charge < -0.3 is 55.1 Å². The Morgan fingerprint density at radius 3 is 0.533 bits per heavy atom. The maximum Gasteiger partial charge on any atom is 0.330 e. The SMILES string of the molecule is CCOP(=O)(CCCOc1c2cc(C(C)(C)C)cc1Cc1cc(C(C)(C)C)cc(c1OCCCP(=O)(OCC)OCC)Cc1cc(C(C)(C)C)cc(c1OCCCP(=O)(OCC)OCC)Cc1cc(C(C)(C)C)cc(c1OCCCP(=O)(OCC)OCC)C2)OCC. The first kappa shape index (κ1) is 79.4. The van der Waals surface area contributed by atoms with Crippen molar-refractivity contribution in [2.45, 2.75) is 212 Å². The molecule has 0 saturated heterocycles. The van der Waals surface area contributed by atoms with Gasteiger partial charge in [-0.15, -0.1) is 0 Å². The maximum atomic E-state index is 14.0. The molecule has 0 N–H and O–H groups in total. The molecular formula is C72H116O16P4. The van der Waals surface area contributed by atoms with Gasteiger partial charge in [-0.1, -0.05) is 132 Å². The largest absolute Gasteiger partial charge is 0.493 e. The number of fused-ring (bicyclic) bond motifs is 8. The Hall–Kier alpha value is -3.32. The fourth-order valence-corrected chi connectivity index (χ4v) is 17.9. The molecule has 0 amide bonds. The summed E-state index contributed by atoms with van der Waals surface area (Å²) < 4.78 is 131. The highest BCUT2D eigenvalue weighted by Gasteiger charge is 2.33. The van der Waals surface area contributed by atoms with Crippen molar-refractivity contribution in [1.82, 2.24) is 0 Å². The van der Waals surface area contributed by atoms with Gasteiger partial charge in [0, 0.05) is 25.7 Å². The van der Waals surface area contributed by atoms with Crippen molar-refractivity contribution in [1.29, 1.82) is 0 Å². The molecule has 0 saturated carbocycles. The van der Waals surface area contributed by atoms with E-state index >= 15 is 0 Å². The van der Waals surface area contributed by atoms with Crippen LogP contribution in [0.5, 0.6) is 23.0 Å².